The van der Waals surface area contributed by atoms with Gasteiger partial charge in [0.15, 0.2) is 0 Å². The molecule has 0 saturated heterocycles. The van der Waals surface area contributed by atoms with Gasteiger partial charge in [-0.15, -0.1) is 0 Å². The molecule has 0 aromatic heterocycles. The van der Waals surface area contributed by atoms with Gasteiger partial charge in [-0.3, -0.25) is 9.36 Å². The van der Waals surface area contributed by atoms with Gasteiger partial charge in [0.05, 0.1) is 39.9 Å². The van der Waals surface area contributed by atoms with Crippen molar-refractivity contribution < 1.29 is 32.9 Å². The van der Waals surface area contributed by atoms with Gasteiger partial charge >= 0.3 is 0 Å². The molecule has 8 nitrogen and oxygen atoms in total. The largest absolute Gasteiger partial charge is 0.756 e. The van der Waals surface area contributed by atoms with Crippen LogP contribution in [0.5, 0.6) is 0 Å². The highest BCUT2D eigenvalue weighted by atomic mass is 31.2. The lowest BCUT2D eigenvalue weighted by Crippen LogP contribution is -2.46. The normalized spacial score (nSPS) is 14.3. The van der Waals surface area contributed by atoms with Gasteiger partial charge in [0, 0.05) is 6.42 Å². The molecule has 0 radical (unpaired) electrons. The fraction of sp³-hybridized carbons (Fsp3) is 0.875. The van der Waals surface area contributed by atoms with E-state index in [0.29, 0.717) is 23.9 Å². The Morgan fingerprint density at radius 2 is 0.938 bits per heavy atom. The van der Waals surface area contributed by atoms with Gasteiger partial charge in [-0.05, 0) is 44.9 Å². The van der Waals surface area contributed by atoms with Crippen molar-refractivity contribution >= 4 is 13.7 Å². The van der Waals surface area contributed by atoms with Gasteiger partial charge in [-0.1, -0.05) is 249 Å². The first-order chi connectivity index (χ1) is 31.5. The van der Waals surface area contributed by atoms with E-state index in [0.717, 1.165) is 64.2 Å². The van der Waals surface area contributed by atoms with E-state index in [-0.39, 0.29) is 19.1 Å². The topological polar surface area (TPSA) is 108 Å². The summed E-state index contributed by atoms with van der Waals surface area (Å²) < 4.78 is 23.3. The van der Waals surface area contributed by atoms with Gasteiger partial charge in [0.25, 0.3) is 7.82 Å². The van der Waals surface area contributed by atoms with Crippen LogP contribution in [-0.2, 0) is 18.4 Å². The average molecular weight is 937 g/mol. The van der Waals surface area contributed by atoms with E-state index in [9.17, 15) is 19.4 Å². The van der Waals surface area contributed by atoms with Crippen molar-refractivity contribution in [2.24, 2.45) is 0 Å². The zero-order chi connectivity index (χ0) is 47.8. The molecule has 3 atom stereocenters. The number of unbranched alkanes of at least 4 members (excludes halogenated alkanes) is 32. The second-order valence-corrected chi connectivity index (χ2v) is 21.7. The number of likely N-dealkylation sites (N-methyl/N-ethyl adjacent to an activating group) is 1. The highest BCUT2D eigenvalue weighted by molar-refractivity contribution is 7.45. The molecule has 0 spiro atoms. The lowest BCUT2D eigenvalue weighted by atomic mass is 10.0. The van der Waals surface area contributed by atoms with Crippen LogP contribution in [0.25, 0.3) is 0 Å². The SMILES string of the molecule is CC/C=C\C/C=C\C/C=C\CCCCCC(=O)NC(COP(=O)([O-])OCC[N+](C)(C)C)C(O)CCCCCCCCCCCCCCCCCCCCCCCCCCCCCCCC. The fourth-order valence-electron chi connectivity index (χ4n) is 8.29. The van der Waals surface area contributed by atoms with Crippen molar-refractivity contribution in [1.82, 2.24) is 5.32 Å². The van der Waals surface area contributed by atoms with Crippen LogP contribution in [0.3, 0.4) is 0 Å². The number of hydrogen-bond donors (Lipinski definition) is 2. The van der Waals surface area contributed by atoms with Crippen molar-refractivity contribution in [2.75, 3.05) is 40.9 Å². The van der Waals surface area contributed by atoms with E-state index >= 15 is 0 Å². The molecular formula is C56H109N2O6P. The predicted octanol–water partition coefficient (Wildman–Crippen LogP) is 16.0. The Morgan fingerprint density at radius 3 is 1.35 bits per heavy atom. The van der Waals surface area contributed by atoms with E-state index in [1.165, 1.54) is 173 Å². The number of phosphoric acid groups is 1. The fourth-order valence-corrected chi connectivity index (χ4v) is 9.01. The van der Waals surface area contributed by atoms with Crippen LogP contribution in [0.4, 0.5) is 0 Å². The number of rotatable bonds is 51. The van der Waals surface area contributed by atoms with Gasteiger partial charge < -0.3 is 28.8 Å². The molecule has 3 unspecified atom stereocenters. The maximum atomic E-state index is 12.9. The lowest BCUT2D eigenvalue weighted by molar-refractivity contribution is -0.870. The van der Waals surface area contributed by atoms with Crippen LogP contribution in [0.15, 0.2) is 36.5 Å². The molecule has 0 aliphatic heterocycles. The molecule has 0 bridgehead atoms. The summed E-state index contributed by atoms with van der Waals surface area (Å²) in [6, 6.07) is -0.816. The molecule has 0 rings (SSSR count). The monoisotopic (exact) mass is 937 g/mol. The summed E-state index contributed by atoms with van der Waals surface area (Å²) in [5.74, 6) is -0.192. The van der Waals surface area contributed by atoms with Crippen molar-refractivity contribution in [3.63, 3.8) is 0 Å². The van der Waals surface area contributed by atoms with Crippen molar-refractivity contribution in [1.29, 1.82) is 0 Å². The third kappa shape index (κ3) is 50.4. The van der Waals surface area contributed by atoms with Crippen LogP contribution >= 0.6 is 7.82 Å². The summed E-state index contributed by atoms with van der Waals surface area (Å²) in [6.07, 6.45) is 60.6. The van der Waals surface area contributed by atoms with E-state index in [2.05, 4.69) is 55.6 Å². The Bertz CT molecular complexity index is 1150. The number of hydrogen-bond acceptors (Lipinski definition) is 6. The van der Waals surface area contributed by atoms with Gasteiger partial charge in [-0.2, -0.15) is 0 Å². The highest BCUT2D eigenvalue weighted by Crippen LogP contribution is 2.38. The Balaban J connectivity index is 4.05. The minimum Gasteiger partial charge on any atom is -0.756 e. The lowest BCUT2D eigenvalue weighted by Gasteiger charge is -2.30. The first kappa shape index (κ1) is 63.7. The number of nitrogens with zero attached hydrogens (tertiary/aromatic N) is 1. The Hall–Kier alpha value is -1.28. The second-order valence-electron chi connectivity index (χ2n) is 20.3. The number of amides is 1. The third-order valence-corrected chi connectivity index (χ3v) is 13.6. The van der Waals surface area contributed by atoms with Crippen molar-refractivity contribution in [3.05, 3.63) is 36.5 Å². The molecule has 9 heteroatoms. The Labute approximate surface area is 404 Å². The molecule has 2 N–H and O–H groups in total. The summed E-state index contributed by atoms with van der Waals surface area (Å²) >= 11 is 0. The van der Waals surface area contributed by atoms with Gasteiger partial charge in [0.2, 0.25) is 5.91 Å². The molecule has 0 saturated carbocycles. The van der Waals surface area contributed by atoms with E-state index < -0.39 is 20.0 Å². The molecule has 1 amide bonds. The smallest absolute Gasteiger partial charge is 0.268 e. The highest BCUT2D eigenvalue weighted by Gasteiger charge is 2.24. The summed E-state index contributed by atoms with van der Waals surface area (Å²) in [5.41, 5.74) is 0. The molecule has 0 heterocycles. The number of carbonyl (C=O) groups excluding carboxylic acids is 1. The number of allylic oxidation sites excluding steroid dienone is 6. The number of quaternary nitrogens is 1. The van der Waals surface area contributed by atoms with Crippen LogP contribution in [0.2, 0.25) is 0 Å². The first-order valence-electron chi connectivity index (χ1n) is 27.8. The Morgan fingerprint density at radius 1 is 0.554 bits per heavy atom. The molecule has 0 fully saturated rings. The van der Waals surface area contributed by atoms with Crippen molar-refractivity contribution in [2.45, 2.75) is 276 Å². The number of carbonyl (C=O) groups is 1. The minimum absolute atomic E-state index is 0.00601. The quantitative estimate of drug-likeness (QED) is 0.0272. The minimum atomic E-state index is -4.58. The molecule has 0 aromatic carbocycles. The zero-order valence-electron chi connectivity index (χ0n) is 43.7. The van der Waals surface area contributed by atoms with E-state index in [1.807, 2.05) is 21.1 Å². The number of aliphatic hydroxyl groups is 1. The summed E-state index contributed by atoms with van der Waals surface area (Å²) in [4.78, 5) is 25.4. The van der Waals surface area contributed by atoms with Crippen molar-refractivity contribution in [3.8, 4) is 0 Å². The average Bonchev–Trinajstić information content (AvgIpc) is 3.26. The van der Waals surface area contributed by atoms with Crippen LogP contribution < -0.4 is 10.2 Å². The Kier molecular flexibility index (Phi) is 46.8. The van der Waals surface area contributed by atoms with E-state index in [1.54, 1.807) is 0 Å². The molecule has 384 valence electrons. The molecular weight excluding hydrogens is 828 g/mol. The maximum Gasteiger partial charge on any atom is 0.268 e. The standard InChI is InChI=1S/C56H109N2O6P/c1-6-8-10-12-14-16-18-20-21-22-23-24-25-26-27-28-29-30-31-32-33-34-35-36-38-39-41-43-45-47-49-55(59)54(53-64-65(61,62)63-52-51-58(3,4)5)57-56(60)50-48-46-44-42-40-37-19-17-15-13-11-9-7-2/h9,11,15,17,37,40,54-55,59H,6-8,10,12-14,16,18-36,38-39,41-53H2,1-5H3,(H-,57,60,61,62)/b11-9-,17-15-,40-37-. The second kappa shape index (κ2) is 47.8. The maximum absolute atomic E-state index is 12.9. The summed E-state index contributed by atoms with van der Waals surface area (Å²) in [6.45, 7) is 4.60. The van der Waals surface area contributed by atoms with Crippen LogP contribution in [0.1, 0.15) is 264 Å². The molecule has 65 heavy (non-hydrogen) atoms. The van der Waals surface area contributed by atoms with Gasteiger partial charge in [-0.25, -0.2) is 0 Å². The predicted molar refractivity (Wildman–Crippen MR) is 279 cm³/mol. The molecule has 0 aromatic rings. The zero-order valence-corrected chi connectivity index (χ0v) is 44.6. The van der Waals surface area contributed by atoms with Crippen LogP contribution in [-0.4, -0.2) is 68.5 Å². The first-order valence-corrected chi connectivity index (χ1v) is 29.3. The number of nitrogens with one attached hydrogen (secondary N) is 1. The van der Waals surface area contributed by atoms with Crippen LogP contribution in [0, 0.1) is 0 Å². The summed E-state index contributed by atoms with van der Waals surface area (Å²) in [7, 11) is 1.29. The van der Waals surface area contributed by atoms with Gasteiger partial charge in [0.1, 0.15) is 13.2 Å². The number of phosphoric ester groups is 1. The third-order valence-electron chi connectivity index (χ3n) is 12.6. The van der Waals surface area contributed by atoms with E-state index in [4.69, 9.17) is 9.05 Å². The molecule has 0 aliphatic carbocycles. The summed E-state index contributed by atoms with van der Waals surface area (Å²) in [5, 5.41) is 14.0. The molecule has 0 aliphatic rings. The number of aliphatic hydroxyl groups excluding tert-OH is 1.